The van der Waals surface area contributed by atoms with E-state index in [0.29, 0.717) is 34.8 Å². The molecule has 3 rings (SSSR count). The molecule has 2 N–H and O–H groups in total. The van der Waals surface area contributed by atoms with E-state index >= 15 is 0 Å². The molecule has 0 radical (unpaired) electrons. The van der Waals surface area contributed by atoms with Crippen LogP contribution in [0.5, 0.6) is 17.2 Å². The van der Waals surface area contributed by atoms with Gasteiger partial charge >= 0.3 is 5.97 Å². The molecule has 0 fully saturated rings. The van der Waals surface area contributed by atoms with Crippen LogP contribution in [-0.4, -0.2) is 33.3 Å². The molecule has 1 aliphatic rings. The van der Waals surface area contributed by atoms with Gasteiger partial charge in [-0.05, 0) is 49.4 Å². The number of carboxylic acid groups (broad SMARTS) is 1. The molecular weight excluding hydrogens is 386 g/mol. The first-order valence-corrected chi connectivity index (χ1v) is 10.2. The van der Waals surface area contributed by atoms with Gasteiger partial charge in [0, 0.05) is 5.56 Å². The molecule has 28 heavy (non-hydrogen) atoms. The number of carboxylic acids is 1. The molecule has 1 heterocycles. The first-order valence-electron chi connectivity index (χ1n) is 8.71. The van der Waals surface area contributed by atoms with Crippen molar-refractivity contribution in [2.75, 3.05) is 13.8 Å². The molecule has 0 amide bonds. The molecular formula is C19H21NO7S. The lowest BCUT2D eigenvalue weighted by Crippen LogP contribution is -2.20. The Labute approximate surface area is 163 Å². The summed E-state index contributed by atoms with van der Waals surface area (Å²) in [4.78, 5) is 11.9. The van der Waals surface area contributed by atoms with E-state index in [4.69, 9.17) is 14.2 Å². The van der Waals surface area contributed by atoms with Gasteiger partial charge in [-0.25, -0.2) is 17.9 Å². The number of sulfonamides is 1. The van der Waals surface area contributed by atoms with Crippen LogP contribution < -0.4 is 18.9 Å². The van der Waals surface area contributed by atoms with Crippen molar-refractivity contribution in [3.63, 3.8) is 0 Å². The number of aryl methyl sites for hydroxylation is 1. The van der Waals surface area contributed by atoms with Gasteiger partial charge in [-0.1, -0.05) is 19.4 Å². The average Bonchev–Trinajstić information content (AvgIpc) is 3.14. The van der Waals surface area contributed by atoms with Crippen LogP contribution in [0.15, 0.2) is 41.3 Å². The van der Waals surface area contributed by atoms with Crippen molar-refractivity contribution in [2.24, 2.45) is 0 Å². The highest BCUT2D eigenvalue weighted by molar-refractivity contribution is 7.89. The van der Waals surface area contributed by atoms with Gasteiger partial charge in [-0.2, -0.15) is 0 Å². The minimum absolute atomic E-state index is 0.0828. The quantitative estimate of drug-likeness (QED) is 0.691. The molecule has 150 valence electrons. The minimum atomic E-state index is -3.61. The fourth-order valence-electron chi connectivity index (χ4n) is 2.88. The lowest BCUT2D eigenvalue weighted by Gasteiger charge is -2.19. The molecule has 0 spiro atoms. The van der Waals surface area contributed by atoms with Gasteiger partial charge in [-0.3, -0.25) is 0 Å². The Kier molecular flexibility index (Phi) is 5.76. The number of ether oxygens (including phenoxy) is 3. The molecule has 9 heteroatoms. The van der Waals surface area contributed by atoms with E-state index in [9.17, 15) is 18.3 Å². The topological polar surface area (TPSA) is 111 Å². The van der Waals surface area contributed by atoms with Crippen molar-refractivity contribution in [1.29, 1.82) is 0 Å². The van der Waals surface area contributed by atoms with E-state index in [1.165, 1.54) is 25.2 Å². The Morgan fingerprint density at radius 2 is 1.96 bits per heavy atom. The fraction of sp³-hybridized carbons (Fsp3) is 0.316. The minimum Gasteiger partial charge on any atom is -0.478 e. The van der Waals surface area contributed by atoms with Crippen LogP contribution in [-0.2, 0) is 21.2 Å². The highest BCUT2D eigenvalue weighted by Crippen LogP contribution is 2.36. The largest absolute Gasteiger partial charge is 0.478 e. The molecule has 0 aromatic heterocycles. The predicted octanol–water partition coefficient (Wildman–Crippen LogP) is 2.48. The Hall–Kier alpha value is -2.78. The molecule has 1 aliphatic heterocycles. The maximum atomic E-state index is 12.1. The second-order valence-corrected chi connectivity index (χ2v) is 8.06. The third kappa shape index (κ3) is 4.05. The fourth-order valence-corrected chi connectivity index (χ4v) is 3.67. The van der Waals surface area contributed by atoms with Crippen molar-refractivity contribution in [3.8, 4) is 17.2 Å². The molecule has 1 unspecified atom stereocenters. The zero-order chi connectivity index (χ0) is 20.3. The zero-order valence-corrected chi connectivity index (χ0v) is 16.3. The monoisotopic (exact) mass is 407 g/mol. The van der Waals surface area contributed by atoms with E-state index in [1.54, 1.807) is 18.2 Å². The molecule has 0 bridgehead atoms. The third-order valence-electron chi connectivity index (χ3n) is 4.30. The lowest BCUT2D eigenvalue weighted by atomic mass is 10.1. The van der Waals surface area contributed by atoms with Crippen molar-refractivity contribution < 1.29 is 32.5 Å². The maximum absolute atomic E-state index is 12.1. The van der Waals surface area contributed by atoms with Crippen LogP contribution in [0.2, 0.25) is 0 Å². The Balaban J connectivity index is 1.96. The Morgan fingerprint density at radius 1 is 1.21 bits per heavy atom. The van der Waals surface area contributed by atoms with Crippen molar-refractivity contribution in [3.05, 3.63) is 47.5 Å². The molecule has 0 saturated carbocycles. The second-order valence-electron chi connectivity index (χ2n) is 6.18. The Morgan fingerprint density at radius 3 is 2.64 bits per heavy atom. The molecule has 2 aromatic carbocycles. The summed E-state index contributed by atoms with van der Waals surface area (Å²) in [5.74, 6) is 0.146. The summed E-state index contributed by atoms with van der Waals surface area (Å²) >= 11 is 0. The van der Waals surface area contributed by atoms with Crippen molar-refractivity contribution in [2.45, 2.75) is 30.8 Å². The second kappa shape index (κ2) is 8.07. The number of carbonyl (C=O) groups is 1. The molecule has 1 atom stereocenters. The SMILES string of the molecule is CCCc1cc(S(=O)(=O)NC)ccc1OC(C(=O)O)c1ccc2c(c1)OCO2. The first-order chi connectivity index (χ1) is 13.4. The van der Waals surface area contributed by atoms with E-state index < -0.39 is 22.1 Å². The number of benzene rings is 2. The van der Waals surface area contributed by atoms with Crippen LogP contribution in [0.25, 0.3) is 0 Å². The van der Waals surface area contributed by atoms with Gasteiger partial charge in [0.15, 0.2) is 11.5 Å². The summed E-state index contributed by atoms with van der Waals surface area (Å²) in [5.41, 5.74) is 1.01. The van der Waals surface area contributed by atoms with E-state index in [1.807, 2.05) is 6.92 Å². The molecule has 8 nitrogen and oxygen atoms in total. The van der Waals surface area contributed by atoms with Crippen LogP contribution in [0.4, 0.5) is 0 Å². The van der Waals surface area contributed by atoms with Gasteiger partial charge in [0.05, 0.1) is 4.90 Å². The predicted molar refractivity (Wildman–Crippen MR) is 100 cm³/mol. The summed E-state index contributed by atoms with van der Waals surface area (Å²) in [7, 11) is -2.28. The summed E-state index contributed by atoms with van der Waals surface area (Å²) in [6, 6.07) is 9.18. The summed E-state index contributed by atoms with van der Waals surface area (Å²) in [6.07, 6.45) is -0.00582. The van der Waals surface area contributed by atoms with Gasteiger partial charge in [0.1, 0.15) is 5.75 Å². The molecule has 2 aromatic rings. The smallest absolute Gasteiger partial charge is 0.349 e. The highest BCUT2D eigenvalue weighted by Gasteiger charge is 2.26. The van der Waals surface area contributed by atoms with Gasteiger partial charge in [0.2, 0.25) is 22.9 Å². The average molecular weight is 407 g/mol. The number of rotatable bonds is 8. The zero-order valence-electron chi connectivity index (χ0n) is 15.5. The summed E-state index contributed by atoms with van der Waals surface area (Å²) in [5, 5.41) is 9.68. The van der Waals surface area contributed by atoms with Crippen molar-refractivity contribution >= 4 is 16.0 Å². The van der Waals surface area contributed by atoms with Crippen LogP contribution in [0.3, 0.4) is 0 Å². The number of nitrogens with one attached hydrogen (secondary N) is 1. The van der Waals surface area contributed by atoms with Crippen LogP contribution in [0, 0.1) is 0 Å². The Bertz CT molecular complexity index is 988. The van der Waals surface area contributed by atoms with Crippen molar-refractivity contribution in [1.82, 2.24) is 4.72 Å². The summed E-state index contributed by atoms with van der Waals surface area (Å²) in [6.45, 7) is 2.02. The third-order valence-corrected chi connectivity index (χ3v) is 5.71. The van der Waals surface area contributed by atoms with Crippen LogP contribution in [0.1, 0.15) is 30.6 Å². The maximum Gasteiger partial charge on any atom is 0.349 e. The highest BCUT2D eigenvalue weighted by atomic mass is 32.2. The number of hydrogen-bond acceptors (Lipinski definition) is 6. The van der Waals surface area contributed by atoms with Gasteiger partial charge in [-0.15, -0.1) is 0 Å². The number of fused-ring (bicyclic) bond motifs is 1. The summed E-state index contributed by atoms with van der Waals surface area (Å²) < 4.78 is 42.7. The van der Waals surface area contributed by atoms with E-state index in [2.05, 4.69) is 4.72 Å². The van der Waals surface area contributed by atoms with Gasteiger partial charge < -0.3 is 19.3 Å². The van der Waals surface area contributed by atoms with E-state index in [0.717, 1.165) is 6.42 Å². The molecule has 0 aliphatic carbocycles. The van der Waals surface area contributed by atoms with Gasteiger partial charge in [0.25, 0.3) is 0 Å². The first kappa shape index (κ1) is 20.0. The lowest BCUT2D eigenvalue weighted by molar-refractivity contribution is -0.145. The number of aliphatic carboxylic acids is 1. The molecule has 0 saturated heterocycles. The van der Waals surface area contributed by atoms with Crippen LogP contribution >= 0.6 is 0 Å². The normalized spacial score (nSPS) is 13.9. The number of hydrogen-bond donors (Lipinski definition) is 2. The standard InChI is InChI=1S/C19H21NO7S/c1-3-4-12-9-14(28(23,24)20-2)6-8-15(12)27-18(19(21)22)13-5-7-16-17(10-13)26-11-25-16/h5-10,18,20H,3-4,11H2,1-2H3,(H,21,22). The van der Waals surface area contributed by atoms with E-state index in [-0.39, 0.29) is 11.7 Å².